The molecule has 0 aliphatic carbocycles. The van der Waals surface area contributed by atoms with Gasteiger partial charge in [0, 0.05) is 0 Å². The molecule has 0 aliphatic rings. The smallest absolute Gasteiger partial charge is 0.309 e. The summed E-state index contributed by atoms with van der Waals surface area (Å²) < 4.78 is 0. The molecule has 5 N–H and O–H groups in total. The quantitative estimate of drug-likeness (QED) is 0.382. The molecule has 4 nitrogen and oxygen atoms in total. The lowest BCUT2D eigenvalue weighted by molar-refractivity contribution is -0.424. The number of carbonyl (C=O) groups is 1. The predicted octanol–water partition coefficient (Wildman–Crippen LogP) is -4.93. The van der Waals surface area contributed by atoms with Crippen LogP contribution in [0.1, 0.15) is 6.42 Å². The minimum atomic E-state index is -0.918. The molecule has 0 saturated heterocycles. The van der Waals surface area contributed by atoms with E-state index in [1.165, 1.54) is 0 Å². The van der Waals surface area contributed by atoms with Crippen LogP contribution in [0.25, 0.3) is 0 Å². The monoisotopic (exact) mass is 155 g/mol. The molecule has 0 aromatic carbocycles. The number of quaternary nitrogens is 1. The van der Waals surface area contributed by atoms with Gasteiger partial charge in [-0.15, -0.1) is 0 Å². The first-order chi connectivity index (χ1) is 3.66. The molecule has 0 radical (unpaired) electrons. The Hall–Kier alpha value is -0.320. The normalized spacial score (nSPS) is 11.8. The van der Waals surface area contributed by atoms with Crippen LogP contribution in [0.15, 0.2) is 0 Å². The molecular weight excluding hydrogens is 146 g/mol. The van der Waals surface area contributed by atoms with Crippen LogP contribution in [0.4, 0.5) is 0 Å². The van der Waals surface area contributed by atoms with Gasteiger partial charge in [0.05, 0.1) is 13.0 Å². The largest absolute Gasteiger partial charge is 1.00 e. The van der Waals surface area contributed by atoms with Gasteiger partial charge in [-0.1, -0.05) is 0 Å². The van der Waals surface area contributed by atoms with Gasteiger partial charge in [-0.2, -0.15) is 0 Å². The van der Waals surface area contributed by atoms with Gasteiger partial charge in [0.2, 0.25) is 0 Å². The Balaban J connectivity index is 0. The molecule has 0 saturated carbocycles. The Bertz CT molecular complexity index is 87.9. The van der Waals surface area contributed by atoms with E-state index in [0.717, 1.165) is 0 Å². The number of carboxylic acid groups (broad SMARTS) is 1. The molecular formula is C4H10ClNO3. The van der Waals surface area contributed by atoms with Crippen molar-refractivity contribution in [2.45, 2.75) is 12.5 Å². The molecule has 5 heteroatoms. The fourth-order valence-electron chi connectivity index (χ4n) is 0.312. The van der Waals surface area contributed by atoms with Gasteiger partial charge in [-0.3, -0.25) is 4.79 Å². The summed E-state index contributed by atoms with van der Waals surface area (Å²) in [4.78, 5) is 9.82. The molecule has 0 amide bonds. The molecule has 0 aromatic rings. The minimum Gasteiger partial charge on any atom is -1.00 e. The number of aliphatic hydroxyl groups excluding tert-OH is 1. The van der Waals surface area contributed by atoms with Gasteiger partial charge in [0.1, 0.15) is 6.04 Å². The zero-order valence-electron chi connectivity index (χ0n) is 4.88. The third-order valence-electron chi connectivity index (χ3n) is 0.721. The van der Waals surface area contributed by atoms with E-state index in [-0.39, 0.29) is 31.5 Å². The highest BCUT2D eigenvalue weighted by molar-refractivity contribution is 5.67. The average Bonchev–Trinajstić information content (AvgIpc) is 1.65. The summed E-state index contributed by atoms with van der Waals surface area (Å²) in [5, 5.41) is 16.3. The number of hydrogen-bond acceptors (Lipinski definition) is 2. The van der Waals surface area contributed by atoms with Crippen LogP contribution in [0.2, 0.25) is 0 Å². The Morgan fingerprint density at radius 1 is 1.67 bits per heavy atom. The summed E-state index contributed by atoms with van der Waals surface area (Å²) in [6.45, 7) is -0.160. The van der Waals surface area contributed by atoms with E-state index in [0.29, 0.717) is 0 Å². The Kier molecular flexibility index (Phi) is 7.41. The zero-order valence-corrected chi connectivity index (χ0v) is 5.64. The lowest BCUT2D eigenvalue weighted by Gasteiger charge is -1.97. The van der Waals surface area contributed by atoms with Crippen molar-refractivity contribution in [2.24, 2.45) is 0 Å². The maximum atomic E-state index is 9.82. The highest BCUT2D eigenvalue weighted by atomic mass is 35.5. The van der Waals surface area contributed by atoms with Crippen molar-refractivity contribution >= 4 is 5.97 Å². The molecule has 0 aromatic heterocycles. The Morgan fingerprint density at radius 3 is 2.22 bits per heavy atom. The van der Waals surface area contributed by atoms with Crippen molar-refractivity contribution in [1.82, 2.24) is 0 Å². The fourth-order valence-corrected chi connectivity index (χ4v) is 0.312. The van der Waals surface area contributed by atoms with Crippen LogP contribution in [-0.2, 0) is 4.79 Å². The van der Waals surface area contributed by atoms with Crippen LogP contribution in [0.5, 0.6) is 0 Å². The second kappa shape index (κ2) is 5.81. The number of rotatable bonds is 3. The number of aliphatic carboxylic acids is 1. The topological polar surface area (TPSA) is 85.2 Å². The standard InChI is InChI=1S/C4H9NO3.ClH/c5-3(2-6)1-4(7)8;/h3,6H,1-2,5H2,(H,7,8);1H/t3-;/m1./s1. The summed E-state index contributed by atoms with van der Waals surface area (Å²) in [5.74, 6) is -0.918. The van der Waals surface area contributed by atoms with Gasteiger partial charge >= 0.3 is 5.97 Å². The lowest BCUT2D eigenvalue weighted by atomic mass is 10.2. The van der Waals surface area contributed by atoms with E-state index in [4.69, 9.17) is 10.2 Å². The van der Waals surface area contributed by atoms with Crippen molar-refractivity contribution in [3.05, 3.63) is 0 Å². The molecule has 1 atom stereocenters. The van der Waals surface area contributed by atoms with Gasteiger partial charge < -0.3 is 28.4 Å². The highest BCUT2D eigenvalue weighted by Gasteiger charge is 2.07. The first kappa shape index (κ1) is 11.5. The van der Waals surface area contributed by atoms with E-state index < -0.39 is 5.97 Å². The number of aliphatic hydroxyl groups is 1. The van der Waals surface area contributed by atoms with E-state index in [1.54, 1.807) is 0 Å². The predicted molar refractivity (Wildman–Crippen MR) is 26.0 cm³/mol. The number of hydrogen-bond donors (Lipinski definition) is 3. The SMILES string of the molecule is [Cl-].[NH3+][C@@H](CO)CC(=O)O. The second-order valence-electron chi connectivity index (χ2n) is 1.65. The van der Waals surface area contributed by atoms with Crippen LogP contribution in [0, 0.1) is 0 Å². The second-order valence-corrected chi connectivity index (χ2v) is 1.65. The van der Waals surface area contributed by atoms with Gasteiger partial charge in [-0.05, 0) is 0 Å². The molecule has 0 rings (SSSR count). The van der Waals surface area contributed by atoms with Crippen LogP contribution in [-0.4, -0.2) is 28.8 Å². The first-order valence-corrected chi connectivity index (χ1v) is 2.32. The summed E-state index contributed by atoms with van der Waals surface area (Å²) in [6.07, 6.45) is -0.0590. The third-order valence-corrected chi connectivity index (χ3v) is 0.721. The van der Waals surface area contributed by atoms with Gasteiger partial charge in [-0.25, -0.2) is 0 Å². The molecule has 56 valence electrons. The van der Waals surface area contributed by atoms with Crippen LogP contribution >= 0.6 is 0 Å². The zero-order chi connectivity index (χ0) is 6.57. The number of carboxylic acids is 1. The third kappa shape index (κ3) is 7.68. The fraction of sp³-hybridized carbons (Fsp3) is 0.750. The van der Waals surface area contributed by atoms with E-state index in [9.17, 15) is 4.79 Å². The van der Waals surface area contributed by atoms with Crippen molar-refractivity contribution < 1.29 is 33.1 Å². The van der Waals surface area contributed by atoms with Gasteiger partial charge in [0.25, 0.3) is 0 Å². The average molecular weight is 156 g/mol. The van der Waals surface area contributed by atoms with E-state index in [1.807, 2.05) is 0 Å². The van der Waals surface area contributed by atoms with Crippen molar-refractivity contribution in [3.8, 4) is 0 Å². The van der Waals surface area contributed by atoms with Crippen molar-refractivity contribution in [1.29, 1.82) is 0 Å². The summed E-state index contributed by atoms with van der Waals surface area (Å²) >= 11 is 0. The van der Waals surface area contributed by atoms with Crippen molar-refractivity contribution in [2.75, 3.05) is 6.61 Å². The van der Waals surface area contributed by atoms with Crippen LogP contribution < -0.4 is 18.1 Å². The molecule has 0 bridgehead atoms. The summed E-state index contributed by atoms with van der Waals surface area (Å²) in [6, 6.07) is -0.368. The molecule has 0 heterocycles. The maximum absolute atomic E-state index is 9.82. The van der Waals surface area contributed by atoms with E-state index >= 15 is 0 Å². The first-order valence-electron chi connectivity index (χ1n) is 2.32. The Morgan fingerprint density at radius 2 is 2.11 bits per heavy atom. The minimum absolute atomic E-state index is 0. The Labute approximate surface area is 59.1 Å². The molecule has 0 fully saturated rings. The number of halogens is 1. The molecule has 0 unspecified atom stereocenters. The van der Waals surface area contributed by atoms with Crippen LogP contribution in [0.3, 0.4) is 0 Å². The molecule has 0 aliphatic heterocycles. The van der Waals surface area contributed by atoms with Gasteiger partial charge in [0.15, 0.2) is 0 Å². The molecule has 9 heavy (non-hydrogen) atoms. The maximum Gasteiger partial charge on any atom is 0.309 e. The lowest BCUT2D eigenvalue weighted by Crippen LogP contribution is -3.00. The van der Waals surface area contributed by atoms with Crippen molar-refractivity contribution in [3.63, 3.8) is 0 Å². The summed E-state index contributed by atoms with van der Waals surface area (Å²) in [7, 11) is 0. The highest BCUT2D eigenvalue weighted by Crippen LogP contribution is 1.81. The van der Waals surface area contributed by atoms with E-state index in [2.05, 4.69) is 5.73 Å². The molecule has 0 spiro atoms. The summed E-state index contributed by atoms with van der Waals surface area (Å²) in [5.41, 5.74) is 3.37.